The van der Waals surface area contributed by atoms with Crippen molar-refractivity contribution in [2.24, 2.45) is 5.73 Å². The summed E-state index contributed by atoms with van der Waals surface area (Å²) in [5, 5.41) is 8.75. The van der Waals surface area contributed by atoms with Crippen LogP contribution in [-0.4, -0.2) is 26.0 Å². The van der Waals surface area contributed by atoms with Crippen molar-refractivity contribution in [3.63, 3.8) is 0 Å². The molecule has 0 saturated carbocycles. The van der Waals surface area contributed by atoms with Crippen molar-refractivity contribution in [2.45, 2.75) is 6.04 Å². The van der Waals surface area contributed by atoms with Crippen LogP contribution in [-0.2, 0) is 4.79 Å². The normalized spacial score (nSPS) is 12.3. The summed E-state index contributed by atoms with van der Waals surface area (Å²) in [6.45, 7) is 0. The van der Waals surface area contributed by atoms with E-state index in [1.54, 1.807) is 18.5 Å². The van der Waals surface area contributed by atoms with Crippen molar-refractivity contribution in [1.29, 1.82) is 0 Å². The molecule has 0 aromatic carbocycles. The second-order valence-corrected chi connectivity index (χ2v) is 3.22. The van der Waals surface area contributed by atoms with Crippen molar-refractivity contribution in [2.75, 3.05) is 0 Å². The van der Waals surface area contributed by atoms with Gasteiger partial charge in [-0.1, -0.05) is 0 Å². The Balaban J connectivity index is 2.37. The molecule has 1 unspecified atom stereocenters. The molecule has 0 bridgehead atoms. The van der Waals surface area contributed by atoms with Gasteiger partial charge in [0.05, 0.1) is 5.69 Å². The monoisotopic (exact) mass is 218 g/mol. The SMILES string of the molecule is NC(C(=O)O)c1nccc(-c2cc[nH]c2)n1. The van der Waals surface area contributed by atoms with Crippen LogP contribution in [0.1, 0.15) is 11.9 Å². The zero-order valence-electron chi connectivity index (χ0n) is 8.29. The van der Waals surface area contributed by atoms with Gasteiger partial charge in [0.15, 0.2) is 11.9 Å². The predicted molar refractivity (Wildman–Crippen MR) is 56.4 cm³/mol. The molecule has 2 rings (SSSR count). The molecular weight excluding hydrogens is 208 g/mol. The first kappa shape index (κ1) is 10.3. The summed E-state index contributed by atoms with van der Waals surface area (Å²) in [6, 6.07) is 2.33. The molecule has 0 aliphatic heterocycles. The molecule has 4 N–H and O–H groups in total. The van der Waals surface area contributed by atoms with E-state index in [1.807, 2.05) is 6.07 Å². The average Bonchev–Trinajstić information content (AvgIpc) is 2.81. The number of carboxylic acid groups (broad SMARTS) is 1. The fourth-order valence-corrected chi connectivity index (χ4v) is 1.28. The molecule has 0 amide bonds. The molecule has 6 nitrogen and oxygen atoms in total. The maximum absolute atomic E-state index is 10.7. The summed E-state index contributed by atoms with van der Waals surface area (Å²) >= 11 is 0. The number of rotatable bonds is 3. The van der Waals surface area contributed by atoms with E-state index in [1.165, 1.54) is 6.20 Å². The van der Waals surface area contributed by atoms with Crippen molar-refractivity contribution < 1.29 is 9.90 Å². The lowest BCUT2D eigenvalue weighted by Crippen LogP contribution is -2.23. The predicted octanol–water partition coefficient (Wildman–Crippen LogP) is 0.556. The summed E-state index contributed by atoms with van der Waals surface area (Å²) in [7, 11) is 0. The summed E-state index contributed by atoms with van der Waals surface area (Å²) in [4.78, 5) is 21.5. The lowest BCUT2D eigenvalue weighted by molar-refractivity contribution is -0.138. The third kappa shape index (κ3) is 1.91. The third-order valence-electron chi connectivity index (χ3n) is 2.11. The van der Waals surface area contributed by atoms with E-state index in [2.05, 4.69) is 15.0 Å². The van der Waals surface area contributed by atoms with Gasteiger partial charge < -0.3 is 15.8 Å². The second-order valence-electron chi connectivity index (χ2n) is 3.22. The molecule has 0 fully saturated rings. The van der Waals surface area contributed by atoms with E-state index in [9.17, 15) is 4.79 Å². The molecule has 82 valence electrons. The van der Waals surface area contributed by atoms with Crippen LogP contribution in [0, 0.1) is 0 Å². The Morgan fingerprint density at radius 2 is 2.31 bits per heavy atom. The molecule has 2 heterocycles. The zero-order valence-corrected chi connectivity index (χ0v) is 8.29. The van der Waals surface area contributed by atoms with Crippen LogP contribution in [0.4, 0.5) is 0 Å². The number of nitrogens with one attached hydrogen (secondary N) is 1. The van der Waals surface area contributed by atoms with Gasteiger partial charge in [-0.2, -0.15) is 0 Å². The highest BCUT2D eigenvalue weighted by molar-refractivity contribution is 5.74. The molecule has 0 saturated heterocycles. The van der Waals surface area contributed by atoms with Crippen molar-refractivity contribution in [3.8, 4) is 11.3 Å². The largest absolute Gasteiger partial charge is 0.480 e. The number of nitrogens with two attached hydrogens (primary N) is 1. The number of hydrogen-bond acceptors (Lipinski definition) is 4. The summed E-state index contributed by atoms with van der Waals surface area (Å²) in [5.41, 5.74) is 6.93. The van der Waals surface area contributed by atoms with Gasteiger partial charge >= 0.3 is 5.97 Å². The molecule has 0 aliphatic carbocycles. The molecular formula is C10H10N4O2. The fraction of sp³-hybridized carbons (Fsp3) is 0.100. The van der Waals surface area contributed by atoms with Crippen LogP contribution < -0.4 is 5.73 Å². The van der Waals surface area contributed by atoms with E-state index in [0.29, 0.717) is 5.69 Å². The van der Waals surface area contributed by atoms with Crippen molar-refractivity contribution in [1.82, 2.24) is 15.0 Å². The Kier molecular flexibility index (Phi) is 2.65. The Hall–Kier alpha value is -2.21. The van der Waals surface area contributed by atoms with Crippen molar-refractivity contribution >= 4 is 5.97 Å². The number of aliphatic carboxylic acids is 1. The van der Waals surface area contributed by atoms with Gasteiger partial charge in [-0.25, -0.2) is 9.97 Å². The number of aromatic amines is 1. The Morgan fingerprint density at radius 3 is 2.94 bits per heavy atom. The highest BCUT2D eigenvalue weighted by atomic mass is 16.4. The molecule has 6 heteroatoms. The van der Waals surface area contributed by atoms with Crippen LogP contribution in [0.2, 0.25) is 0 Å². The minimum atomic E-state index is -1.20. The van der Waals surface area contributed by atoms with Gasteiger partial charge in [0.1, 0.15) is 0 Å². The van der Waals surface area contributed by atoms with Crippen molar-refractivity contribution in [3.05, 3.63) is 36.5 Å². The van der Waals surface area contributed by atoms with E-state index >= 15 is 0 Å². The highest BCUT2D eigenvalue weighted by Crippen LogP contribution is 2.16. The minimum Gasteiger partial charge on any atom is -0.480 e. The molecule has 2 aromatic rings. The standard InChI is InChI=1S/C10H10N4O2/c11-8(10(15)16)9-13-4-2-7(14-9)6-1-3-12-5-6/h1-5,8,12H,11H2,(H,15,16). The second kappa shape index (κ2) is 4.11. The summed E-state index contributed by atoms with van der Waals surface area (Å²) in [6.07, 6.45) is 5.01. The first-order valence-electron chi connectivity index (χ1n) is 4.63. The van der Waals surface area contributed by atoms with E-state index in [0.717, 1.165) is 5.56 Å². The van der Waals surface area contributed by atoms with E-state index < -0.39 is 12.0 Å². The number of aromatic nitrogens is 3. The minimum absolute atomic E-state index is 0.103. The number of carbonyl (C=O) groups is 1. The first-order chi connectivity index (χ1) is 7.68. The number of nitrogens with zero attached hydrogens (tertiary/aromatic N) is 2. The molecule has 2 aromatic heterocycles. The van der Waals surface area contributed by atoms with Crippen LogP contribution in [0.5, 0.6) is 0 Å². The number of H-pyrrole nitrogens is 1. The van der Waals surface area contributed by atoms with E-state index in [-0.39, 0.29) is 5.82 Å². The van der Waals surface area contributed by atoms with Crippen LogP contribution in [0.3, 0.4) is 0 Å². The van der Waals surface area contributed by atoms with Gasteiger partial charge in [-0.15, -0.1) is 0 Å². The maximum Gasteiger partial charge on any atom is 0.328 e. The Labute approximate surface area is 91.2 Å². The van der Waals surface area contributed by atoms with E-state index in [4.69, 9.17) is 10.8 Å². The van der Waals surface area contributed by atoms with Crippen LogP contribution in [0.15, 0.2) is 30.7 Å². The Morgan fingerprint density at radius 1 is 1.50 bits per heavy atom. The smallest absolute Gasteiger partial charge is 0.328 e. The molecule has 16 heavy (non-hydrogen) atoms. The van der Waals surface area contributed by atoms with Crippen LogP contribution >= 0.6 is 0 Å². The Bertz CT molecular complexity index is 495. The maximum atomic E-state index is 10.7. The first-order valence-corrected chi connectivity index (χ1v) is 4.63. The fourth-order valence-electron chi connectivity index (χ4n) is 1.28. The lowest BCUT2D eigenvalue weighted by atomic mass is 10.2. The zero-order chi connectivity index (χ0) is 11.5. The lowest BCUT2D eigenvalue weighted by Gasteiger charge is -2.05. The van der Waals surface area contributed by atoms with Crippen LogP contribution in [0.25, 0.3) is 11.3 Å². The van der Waals surface area contributed by atoms with Gasteiger partial charge in [-0.3, -0.25) is 4.79 Å². The highest BCUT2D eigenvalue weighted by Gasteiger charge is 2.17. The topological polar surface area (TPSA) is 105 Å². The van der Waals surface area contributed by atoms with Gasteiger partial charge in [0, 0.05) is 24.2 Å². The number of carboxylic acids is 1. The van der Waals surface area contributed by atoms with Gasteiger partial charge in [0.2, 0.25) is 0 Å². The third-order valence-corrected chi connectivity index (χ3v) is 2.11. The quantitative estimate of drug-likeness (QED) is 0.698. The summed E-state index contributed by atoms with van der Waals surface area (Å²) < 4.78 is 0. The average molecular weight is 218 g/mol. The molecule has 0 radical (unpaired) electrons. The molecule has 0 spiro atoms. The summed E-state index contributed by atoms with van der Waals surface area (Å²) in [5.74, 6) is -1.04. The number of hydrogen-bond donors (Lipinski definition) is 3. The van der Waals surface area contributed by atoms with Gasteiger partial charge in [-0.05, 0) is 12.1 Å². The molecule has 0 aliphatic rings. The van der Waals surface area contributed by atoms with Gasteiger partial charge in [0.25, 0.3) is 0 Å². The molecule has 1 atom stereocenters.